The molecule has 9 heteroatoms. The van der Waals surface area contributed by atoms with Crippen molar-refractivity contribution < 1.29 is 14.3 Å². The molecule has 5 rings (SSSR count). The van der Waals surface area contributed by atoms with Crippen LogP contribution in [0.15, 0.2) is 84.0 Å². The predicted octanol–water partition coefficient (Wildman–Crippen LogP) is 4.57. The number of fused-ring (bicyclic) bond motifs is 1. The first-order valence-corrected chi connectivity index (χ1v) is 12.1. The molecule has 3 aromatic carbocycles. The fourth-order valence-corrected chi connectivity index (χ4v) is 4.87. The Hall–Kier alpha value is -3.98. The predicted molar refractivity (Wildman–Crippen MR) is 135 cm³/mol. The van der Waals surface area contributed by atoms with E-state index in [0.29, 0.717) is 16.7 Å². The summed E-state index contributed by atoms with van der Waals surface area (Å²) < 4.78 is 12.9. The summed E-state index contributed by atoms with van der Waals surface area (Å²) >= 11 is 1.38. The van der Waals surface area contributed by atoms with Crippen LogP contribution in [0.3, 0.4) is 0 Å². The minimum absolute atomic E-state index is 0.130. The van der Waals surface area contributed by atoms with Gasteiger partial charge in [0.15, 0.2) is 5.82 Å². The molecule has 35 heavy (non-hydrogen) atoms. The number of carbonyl (C=O) groups is 1. The second-order valence-corrected chi connectivity index (χ2v) is 9.22. The van der Waals surface area contributed by atoms with Crippen molar-refractivity contribution in [2.75, 3.05) is 17.9 Å². The Labute approximate surface area is 207 Å². The summed E-state index contributed by atoms with van der Waals surface area (Å²) in [6, 6.07) is 24.7. The lowest BCUT2D eigenvalue weighted by atomic mass is 10.0. The van der Waals surface area contributed by atoms with Gasteiger partial charge in [-0.15, -0.1) is 10.2 Å². The number of carbonyl (C=O) groups excluding carboxylic acids is 1. The number of amides is 1. The molecule has 0 saturated carbocycles. The van der Waals surface area contributed by atoms with Gasteiger partial charge < -0.3 is 20.2 Å². The first-order valence-electron chi connectivity index (χ1n) is 11.2. The van der Waals surface area contributed by atoms with E-state index < -0.39 is 5.25 Å². The van der Waals surface area contributed by atoms with Crippen LogP contribution < -0.4 is 20.2 Å². The average Bonchev–Trinajstić information content (AvgIpc) is 3.30. The molecule has 0 bridgehead atoms. The normalized spacial score (nSPS) is 16.6. The summed E-state index contributed by atoms with van der Waals surface area (Å²) in [5, 5.41) is 11.8. The number of anilines is 1. The zero-order chi connectivity index (χ0) is 24.2. The molecule has 8 nitrogen and oxygen atoms in total. The summed E-state index contributed by atoms with van der Waals surface area (Å²) in [6.07, 6.45) is 0. The minimum Gasteiger partial charge on any atom is -0.497 e. The average molecular weight is 488 g/mol. The third kappa shape index (κ3) is 5.09. The molecule has 1 aromatic heterocycles. The number of thioether (sulfide) groups is 1. The fraction of sp³-hybridized carbons (Fsp3) is 0.192. The molecule has 1 amide bonds. The van der Waals surface area contributed by atoms with E-state index >= 15 is 0 Å². The van der Waals surface area contributed by atoms with Crippen LogP contribution >= 0.6 is 11.8 Å². The Morgan fingerprint density at radius 2 is 1.74 bits per heavy atom. The van der Waals surface area contributed by atoms with E-state index in [9.17, 15) is 4.79 Å². The highest BCUT2D eigenvalue weighted by molar-refractivity contribution is 8.00. The monoisotopic (exact) mass is 487 g/mol. The number of aryl methyl sites for hydroxylation is 1. The minimum atomic E-state index is -0.473. The first kappa shape index (κ1) is 22.8. The largest absolute Gasteiger partial charge is 0.497 e. The number of aromatic nitrogens is 3. The van der Waals surface area contributed by atoms with Crippen molar-refractivity contribution in [3.05, 3.63) is 95.8 Å². The molecule has 0 aliphatic carbocycles. The van der Waals surface area contributed by atoms with Crippen molar-refractivity contribution in [2.24, 2.45) is 0 Å². The van der Waals surface area contributed by atoms with Crippen LogP contribution in [0.1, 0.15) is 23.0 Å². The maximum Gasteiger partial charge on any atom is 0.240 e. The van der Waals surface area contributed by atoms with Gasteiger partial charge in [-0.25, -0.2) is 4.68 Å². The number of hydrogen-bond donors (Lipinski definition) is 2. The Bertz CT molecular complexity index is 1290. The van der Waals surface area contributed by atoms with Crippen molar-refractivity contribution in [2.45, 2.75) is 30.0 Å². The van der Waals surface area contributed by atoms with Gasteiger partial charge in [-0.1, -0.05) is 59.8 Å². The molecule has 0 unspecified atom stereocenters. The summed E-state index contributed by atoms with van der Waals surface area (Å²) in [7, 11) is 1.61. The highest BCUT2D eigenvalue weighted by Crippen LogP contribution is 2.38. The van der Waals surface area contributed by atoms with Crippen molar-refractivity contribution in [3.63, 3.8) is 0 Å². The lowest BCUT2D eigenvalue weighted by Crippen LogP contribution is -2.41. The molecule has 0 spiro atoms. The number of methoxy groups -OCH3 is 1. The van der Waals surface area contributed by atoms with E-state index in [4.69, 9.17) is 9.47 Å². The Kier molecular flexibility index (Phi) is 6.58. The van der Waals surface area contributed by atoms with Crippen LogP contribution in [-0.4, -0.2) is 33.1 Å². The highest BCUT2D eigenvalue weighted by atomic mass is 32.2. The number of ether oxygens (including phenoxy) is 2. The number of hydrogen-bond acceptors (Lipinski definition) is 7. The molecular formula is C26H25N5O3S. The van der Waals surface area contributed by atoms with E-state index in [0.717, 1.165) is 22.6 Å². The number of nitrogens with one attached hydrogen (secondary N) is 2. The lowest BCUT2D eigenvalue weighted by Gasteiger charge is -2.33. The molecule has 4 aromatic rings. The maximum absolute atomic E-state index is 13.4. The van der Waals surface area contributed by atoms with Gasteiger partial charge >= 0.3 is 0 Å². The topological polar surface area (TPSA) is 90.3 Å². The second kappa shape index (κ2) is 10.1. The molecule has 2 N–H and O–H groups in total. The number of nitrogens with zero attached hydrogens (tertiary/aromatic N) is 3. The van der Waals surface area contributed by atoms with E-state index in [2.05, 4.69) is 20.9 Å². The van der Waals surface area contributed by atoms with Crippen LogP contribution in [-0.2, 0) is 11.4 Å². The summed E-state index contributed by atoms with van der Waals surface area (Å²) in [4.78, 5) is 13.4. The molecule has 0 fully saturated rings. The molecule has 2 atom stereocenters. The molecule has 1 aliphatic rings. The van der Waals surface area contributed by atoms with Gasteiger partial charge in [0.2, 0.25) is 11.1 Å². The van der Waals surface area contributed by atoms with Gasteiger partial charge in [0, 0.05) is 5.69 Å². The van der Waals surface area contributed by atoms with Crippen LogP contribution in [0.2, 0.25) is 0 Å². The van der Waals surface area contributed by atoms with Gasteiger partial charge in [0.25, 0.3) is 0 Å². The van der Waals surface area contributed by atoms with Crippen LogP contribution in [0.25, 0.3) is 0 Å². The number of para-hydroxylation sites is 1. The highest BCUT2D eigenvalue weighted by Gasteiger charge is 2.38. The van der Waals surface area contributed by atoms with Gasteiger partial charge in [0.05, 0.1) is 13.2 Å². The first-order chi connectivity index (χ1) is 17.1. The van der Waals surface area contributed by atoms with Crippen molar-refractivity contribution in [1.29, 1.82) is 0 Å². The van der Waals surface area contributed by atoms with E-state index in [1.807, 2.05) is 90.5 Å². The smallest absolute Gasteiger partial charge is 0.240 e. The van der Waals surface area contributed by atoms with Gasteiger partial charge in [-0.3, -0.25) is 4.79 Å². The Balaban J connectivity index is 1.40. The van der Waals surface area contributed by atoms with Crippen molar-refractivity contribution in [1.82, 2.24) is 14.9 Å². The molecule has 1 aliphatic heterocycles. The van der Waals surface area contributed by atoms with Crippen LogP contribution in [0.5, 0.6) is 11.5 Å². The Morgan fingerprint density at radius 3 is 2.46 bits per heavy atom. The zero-order valence-corrected chi connectivity index (χ0v) is 20.2. The molecule has 0 radical (unpaired) electrons. The molecule has 178 valence electrons. The van der Waals surface area contributed by atoms with Gasteiger partial charge in [-0.2, -0.15) is 0 Å². The zero-order valence-electron chi connectivity index (χ0n) is 19.3. The van der Waals surface area contributed by atoms with Crippen molar-refractivity contribution >= 4 is 23.4 Å². The quantitative estimate of drug-likeness (QED) is 0.395. The van der Waals surface area contributed by atoms with E-state index in [1.165, 1.54) is 11.8 Å². The fourth-order valence-electron chi connectivity index (χ4n) is 3.77. The third-order valence-electron chi connectivity index (χ3n) is 5.67. The second-order valence-electron chi connectivity index (χ2n) is 8.11. The van der Waals surface area contributed by atoms with Gasteiger partial charge in [-0.05, 0) is 48.9 Å². The Morgan fingerprint density at radius 1 is 1.00 bits per heavy atom. The van der Waals surface area contributed by atoms with Gasteiger partial charge in [0.1, 0.15) is 23.4 Å². The summed E-state index contributed by atoms with van der Waals surface area (Å²) in [5.41, 5.74) is 6.30. The lowest BCUT2D eigenvalue weighted by molar-refractivity contribution is -0.116. The van der Waals surface area contributed by atoms with E-state index in [-0.39, 0.29) is 18.6 Å². The van der Waals surface area contributed by atoms with Crippen molar-refractivity contribution in [3.8, 4) is 11.5 Å². The SMILES string of the molecule is COc1ccc(NC(=O)[C@H]2Sc3nnc(COc4ccccc4)n3N[C@H]2c2ccc(C)cc2)cc1. The van der Waals surface area contributed by atoms with Crippen LogP contribution in [0.4, 0.5) is 5.69 Å². The summed E-state index contributed by atoms with van der Waals surface area (Å²) in [5.74, 6) is 1.98. The third-order valence-corrected chi connectivity index (χ3v) is 6.88. The molecule has 0 saturated heterocycles. The summed E-state index contributed by atoms with van der Waals surface area (Å²) in [6.45, 7) is 2.28. The standard InChI is InChI=1S/C26H25N5O3S/c1-17-8-10-18(11-9-17)23-24(25(32)27-19-12-14-20(33-2)15-13-19)35-26-29-28-22(31(26)30-23)16-34-21-6-4-3-5-7-21/h3-15,23-24,30H,16H2,1-2H3,(H,27,32)/t23-,24-/m0/s1. The number of rotatable bonds is 7. The molecule has 2 heterocycles. The van der Waals surface area contributed by atoms with E-state index in [1.54, 1.807) is 7.11 Å². The van der Waals surface area contributed by atoms with Crippen LogP contribution in [0, 0.1) is 6.92 Å². The maximum atomic E-state index is 13.4. The number of benzene rings is 3. The molecular weight excluding hydrogens is 462 g/mol.